The first-order valence-electron chi connectivity index (χ1n) is 25.8. The Morgan fingerprint density at radius 2 is 0.921 bits per heavy atom. The second-order valence-electron chi connectivity index (χ2n) is 18.5. The van der Waals surface area contributed by atoms with Gasteiger partial charge in [0.25, 0.3) is 0 Å². The van der Waals surface area contributed by atoms with Gasteiger partial charge in [-0.25, -0.2) is 4.57 Å². The number of phosphoric ester groups is 1. The first-order chi connectivity index (χ1) is 30.5. The predicted molar refractivity (Wildman–Crippen MR) is 272 cm³/mol. The van der Waals surface area contributed by atoms with Gasteiger partial charge in [0.1, 0.15) is 13.2 Å². The number of nitrogens with one attached hydrogen (secondary N) is 1. The smallest absolute Gasteiger partial charge is 0.387 e. The number of phosphoric acid groups is 1. The number of amides is 1. The second-order valence-corrected chi connectivity index (χ2v) is 20.0. The van der Waals surface area contributed by atoms with Crippen LogP contribution in [0.3, 0.4) is 0 Å². The van der Waals surface area contributed by atoms with Gasteiger partial charge < -0.3 is 19.8 Å². The summed E-state index contributed by atoms with van der Waals surface area (Å²) in [5, 5.41) is 13.8. The first kappa shape index (κ1) is 60.9. The molecule has 0 aromatic rings. The monoisotopic (exact) mass is 904 g/mol. The number of allylic oxidation sites excluding steroid dienone is 11. The fourth-order valence-corrected chi connectivity index (χ4v) is 7.76. The number of unbranched alkanes of at least 4 members (excludes halogenated alkanes) is 23. The molecule has 3 N–H and O–H groups in total. The van der Waals surface area contributed by atoms with Gasteiger partial charge in [-0.15, -0.1) is 0 Å². The molecule has 0 aromatic carbocycles. The lowest BCUT2D eigenvalue weighted by Crippen LogP contribution is -2.45. The molecule has 63 heavy (non-hydrogen) atoms. The molecule has 0 saturated heterocycles. The van der Waals surface area contributed by atoms with Crippen LogP contribution in [0.1, 0.15) is 213 Å². The van der Waals surface area contributed by atoms with E-state index in [9.17, 15) is 19.4 Å². The standard InChI is InChI=1S/C54H99N2O6P/c1-6-8-10-12-14-16-18-20-22-24-25-26-27-28-29-30-31-32-34-36-38-40-42-44-46-48-54(58)55-52(51-62-63(59,60)61-50-49-56(3,4)5)53(57)47-45-43-41-39-37-35-33-23-21-19-17-15-13-11-9-7-2/h18,20-21,23-25,27-28,37,39,45,47,52-53,57H,6-17,19,22,26,29-36,38,40-44,46,48-51H2,1-5H3,(H-,55,58,59,60)/p+1/b20-18-,23-21+,25-24-,28-27-,39-37+,47-45+. The van der Waals surface area contributed by atoms with E-state index in [1.165, 1.54) is 135 Å². The minimum atomic E-state index is -4.36. The summed E-state index contributed by atoms with van der Waals surface area (Å²) in [5.41, 5.74) is 0. The number of likely N-dealkylation sites (N-methyl/N-ethyl adjacent to an activating group) is 1. The van der Waals surface area contributed by atoms with Gasteiger partial charge in [-0.05, 0) is 83.5 Å². The summed E-state index contributed by atoms with van der Waals surface area (Å²) >= 11 is 0. The highest BCUT2D eigenvalue weighted by atomic mass is 31.2. The average Bonchev–Trinajstić information content (AvgIpc) is 3.24. The van der Waals surface area contributed by atoms with Crippen LogP contribution in [-0.2, 0) is 18.4 Å². The number of carbonyl (C=O) groups excluding carboxylic acids is 1. The maximum absolute atomic E-state index is 12.9. The topological polar surface area (TPSA) is 105 Å². The Bertz CT molecular complexity index is 1250. The van der Waals surface area contributed by atoms with E-state index in [4.69, 9.17) is 9.05 Å². The molecule has 0 aromatic heterocycles. The average molecular weight is 904 g/mol. The molecule has 0 spiro atoms. The van der Waals surface area contributed by atoms with Crippen molar-refractivity contribution >= 4 is 13.7 Å². The Balaban J connectivity index is 4.34. The summed E-state index contributed by atoms with van der Waals surface area (Å²) in [5.74, 6) is -0.198. The van der Waals surface area contributed by atoms with Crippen molar-refractivity contribution in [3.8, 4) is 0 Å². The van der Waals surface area contributed by atoms with E-state index in [1.54, 1.807) is 6.08 Å². The van der Waals surface area contributed by atoms with Crippen molar-refractivity contribution in [3.63, 3.8) is 0 Å². The molecule has 0 rings (SSSR count). The van der Waals surface area contributed by atoms with Crippen molar-refractivity contribution in [1.29, 1.82) is 0 Å². The SMILES string of the molecule is CCCCCCC/C=C\C/C=C\C/C=C\CCCCCCCCCCCCC(=O)NC(COP(=O)(O)OCC[N+](C)(C)C)C(O)/C=C/CC/C=C/CC/C=C/CCCCCCCC. The van der Waals surface area contributed by atoms with Crippen LogP contribution in [-0.4, -0.2) is 73.4 Å². The Morgan fingerprint density at radius 3 is 1.38 bits per heavy atom. The van der Waals surface area contributed by atoms with Gasteiger partial charge in [-0.3, -0.25) is 13.8 Å². The third kappa shape index (κ3) is 47.7. The van der Waals surface area contributed by atoms with Crippen LogP contribution >= 0.6 is 7.82 Å². The van der Waals surface area contributed by atoms with Gasteiger partial charge >= 0.3 is 7.82 Å². The van der Waals surface area contributed by atoms with E-state index >= 15 is 0 Å². The van der Waals surface area contributed by atoms with Crippen molar-refractivity contribution in [2.24, 2.45) is 0 Å². The Kier molecular flexibility index (Phi) is 43.6. The molecule has 1 amide bonds. The zero-order valence-corrected chi connectivity index (χ0v) is 42.4. The van der Waals surface area contributed by atoms with Gasteiger partial charge in [0.2, 0.25) is 5.91 Å². The Hall–Kier alpha value is -2.06. The molecule has 366 valence electrons. The van der Waals surface area contributed by atoms with Crippen LogP contribution in [0.25, 0.3) is 0 Å². The third-order valence-corrected chi connectivity index (χ3v) is 12.1. The summed E-state index contributed by atoms with van der Waals surface area (Å²) in [6.45, 7) is 4.75. The number of hydrogen-bond donors (Lipinski definition) is 3. The molecule has 0 radical (unpaired) electrons. The zero-order valence-electron chi connectivity index (χ0n) is 41.5. The number of aliphatic hydroxyl groups excluding tert-OH is 1. The van der Waals surface area contributed by atoms with Gasteiger partial charge in [-0.1, -0.05) is 196 Å². The highest BCUT2D eigenvalue weighted by Gasteiger charge is 2.27. The van der Waals surface area contributed by atoms with Gasteiger partial charge in [0.15, 0.2) is 0 Å². The van der Waals surface area contributed by atoms with Gasteiger partial charge in [-0.2, -0.15) is 0 Å². The fraction of sp³-hybridized carbons (Fsp3) is 0.759. The molecule has 3 atom stereocenters. The molecule has 0 bridgehead atoms. The molecule has 0 aliphatic heterocycles. The number of nitrogens with zero attached hydrogens (tertiary/aromatic N) is 1. The lowest BCUT2D eigenvalue weighted by atomic mass is 10.0. The Labute approximate surface area is 389 Å². The van der Waals surface area contributed by atoms with E-state index in [1.807, 2.05) is 27.2 Å². The van der Waals surface area contributed by atoms with Crippen molar-refractivity contribution in [2.75, 3.05) is 40.9 Å². The van der Waals surface area contributed by atoms with Crippen molar-refractivity contribution < 1.29 is 32.9 Å². The highest BCUT2D eigenvalue weighted by molar-refractivity contribution is 7.47. The summed E-state index contributed by atoms with van der Waals surface area (Å²) in [7, 11) is 1.54. The van der Waals surface area contributed by atoms with Crippen molar-refractivity contribution in [2.45, 2.75) is 225 Å². The quantitative estimate of drug-likeness (QED) is 0.0243. The van der Waals surface area contributed by atoms with Gasteiger partial charge in [0, 0.05) is 6.42 Å². The van der Waals surface area contributed by atoms with Crippen LogP contribution in [0.2, 0.25) is 0 Å². The lowest BCUT2D eigenvalue weighted by Gasteiger charge is -2.25. The molecule has 0 aliphatic carbocycles. The number of carbonyl (C=O) groups is 1. The van der Waals surface area contributed by atoms with Crippen LogP contribution in [0.15, 0.2) is 72.9 Å². The third-order valence-electron chi connectivity index (χ3n) is 11.1. The van der Waals surface area contributed by atoms with Crippen molar-refractivity contribution in [3.05, 3.63) is 72.9 Å². The van der Waals surface area contributed by atoms with Crippen molar-refractivity contribution in [1.82, 2.24) is 5.32 Å². The Morgan fingerprint density at radius 1 is 0.540 bits per heavy atom. The molecular weight excluding hydrogens is 804 g/mol. The lowest BCUT2D eigenvalue weighted by molar-refractivity contribution is -0.870. The zero-order chi connectivity index (χ0) is 46.4. The highest BCUT2D eigenvalue weighted by Crippen LogP contribution is 2.43. The molecule has 0 fully saturated rings. The van der Waals surface area contributed by atoms with Crippen LogP contribution in [0.4, 0.5) is 0 Å². The number of rotatable bonds is 46. The summed E-state index contributed by atoms with van der Waals surface area (Å²) < 4.78 is 23.6. The van der Waals surface area contributed by atoms with E-state index < -0.39 is 20.0 Å². The molecular formula is C54H100N2O6P+. The molecule has 0 saturated carbocycles. The maximum Gasteiger partial charge on any atom is 0.472 e. The fourth-order valence-electron chi connectivity index (χ4n) is 7.02. The first-order valence-corrected chi connectivity index (χ1v) is 27.3. The van der Waals surface area contributed by atoms with E-state index in [0.29, 0.717) is 17.4 Å². The molecule has 0 aliphatic rings. The van der Waals surface area contributed by atoms with E-state index in [0.717, 1.165) is 57.8 Å². The number of hydrogen-bond acceptors (Lipinski definition) is 5. The van der Waals surface area contributed by atoms with Crippen LogP contribution in [0.5, 0.6) is 0 Å². The second kappa shape index (κ2) is 45.1. The summed E-state index contributed by atoms with van der Waals surface area (Å²) in [4.78, 5) is 23.2. The van der Waals surface area contributed by atoms with Crippen LogP contribution in [0, 0.1) is 0 Å². The van der Waals surface area contributed by atoms with E-state index in [2.05, 4.69) is 79.9 Å². The van der Waals surface area contributed by atoms with Gasteiger partial charge in [0.05, 0.1) is 39.9 Å². The molecule has 3 unspecified atom stereocenters. The minimum Gasteiger partial charge on any atom is -0.387 e. The van der Waals surface area contributed by atoms with Crippen LogP contribution < -0.4 is 5.32 Å². The summed E-state index contributed by atoms with van der Waals surface area (Å²) in [6.07, 6.45) is 61.3. The molecule has 0 heterocycles. The maximum atomic E-state index is 12.9. The van der Waals surface area contributed by atoms with E-state index in [-0.39, 0.29) is 19.1 Å². The normalized spacial score (nSPS) is 14.7. The molecule has 9 heteroatoms. The molecule has 8 nitrogen and oxygen atoms in total. The number of quaternary nitrogens is 1. The predicted octanol–water partition coefficient (Wildman–Crippen LogP) is 15.1. The number of aliphatic hydroxyl groups is 1. The summed E-state index contributed by atoms with van der Waals surface area (Å²) in [6, 6.07) is -0.875. The minimum absolute atomic E-state index is 0.0497. The largest absolute Gasteiger partial charge is 0.472 e.